The number of amides is 1. The predicted molar refractivity (Wildman–Crippen MR) is 122 cm³/mol. The summed E-state index contributed by atoms with van der Waals surface area (Å²) in [7, 11) is -3.53. The molecule has 178 valence electrons. The van der Waals surface area contributed by atoms with Gasteiger partial charge in [0.15, 0.2) is 0 Å². The van der Waals surface area contributed by atoms with Crippen molar-refractivity contribution in [1.29, 1.82) is 0 Å². The van der Waals surface area contributed by atoms with E-state index in [2.05, 4.69) is 20.1 Å². The summed E-state index contributed by atoms with van der Waals surface area (Å²) >= 11 is 0. The van der Waals surface area contributed by atoms with Crippen molar-refractivity contribution in [2.24, 2.45) is 0 Å². The zero-order chi connectivity index (χ0) is 22.6. The van der Waals surface area contributed by atoms with Gasteiger partial charge in [-0.3, -0.25) is 9.69 Å². The fraction of sp³-hybridized carbons (Fsp3) is 0.727. The van der Waals surface area contributed by atoms with Crippen LogP contribution in [0.15, 0.2) is 23.2 Å². The number of rotatable bonds is 6. The lowest BCUT2D eigenvalue weighted by Crippen LogP contribution is -2.55. The molecule has 3 heterocycles. The maximum Gasteiger partial charge on any atom is 0.244 e. The van der Waals surface area contributed by atoms with Gasteiger partial charge < -0.3 is 15.0 Å². The average molecular weight is 466 g/mol. The molecule has 1 aromatic rings. The average Bonchev–Trinajstić information content (AvgIpc) is 2.85. The standard InChI is InChI=1S/C22H35N5O4S/c1-18(22(28)24-19-5-3-2-4-6-19)25-9-11-26(12-10-25)21-8-7-20(17-23-21)32(29,30)27-13-15-31-16-14-27/h7-8,17-19H,2-6,9-16H2,1H3,(H,24,28). The summed E-state index contributed by atoms with van der Waals surface area (Å²) < 4.78 is 32.2. The van der Waals surface area contributed by atoms with Crippen LogP contribution in [0.2, 0.25) is 0 Å². The van der Waals surface area contributed by atoms with Gasteiger partial charge in [0.05, 0.1) is 19.3 Å². The SMILES string of the molecule is CC(C(=O)NC1CCCCC1)N1CCN(c2ccc(S(=O)(=O)N3CCOCC3)cn2)CC1. The zero-order valence-corrected chi connectivity index (χ0v) is 19.7. The minimum absolute atomic E-state index is 0.126. The van der Waals surface area contributed by atoms with Crippen molar-refractivity contribution in [3.8, 4) is 0 Å². The van der Waals surface area contributed by atoms with Crippen LogP contribution in [0.4, 0.5) is 5.82 Å². The molecule has 1 unspecified atom stereocenters. The fourth-order valence-corrected chi connectivity index (χ4v) is 6.07. The largest absolute Gasteiger partial charge is 0.379 e. The Morgan fingerprint density at radius 1 is 1.06 bits per heavy atom. The van der Waals surface area contributed by atoms with Gasteiger partial charge in [-0.1, -0.05) is 19.3 Å². The summed E-state index contributed by atoms with van der Waals surface area (Å²) in [4.78, 5) is 21.7. The molecule has 3 fully saturated rings. The predicted octanol–water partition coefficient (Wildman–Crippen LogP) is 1.06. The number of hydrogen-bond acceptors (Lipinski definition) is 7. The Balaban J connectivity index is 1.29. The number of pyridine rings is 1. The molecular weight excluding hydrogens is 430 g/mol. The van der Waals surface area contributed by atoms with Gasteiger partial charge in [-0.05, 0) is 31.9 Å². The number of hydrogen-bond donors (Lipinski definition) is 1. The number of piperazine rings is 1. The van der Waals surface area contributed by atoms with Gasteiger partial charge in [0.25, 0.3) is 0 Å². The second kappa shape index (κ2) is 10.5. The number of anilines is 1. The minimum atomic E-state index is -3.53. The second-order valence-electron chi connectivity index (χ2n) is 8.91. The van der Waals surface area contributed by atoms with Crippen LogP contribution in [0.3, 0.4) is 0 Å². The molecule has 0 aromatic carbocycles. The van der Waals surface area contributed by atoms with Crippen molar-refractivity contribution in [2.75, 3.05) is 57.4 Å². The van der Waals surface area contributed by atoms with Crippen LogP contribution in [0, 0.1) is 0 Å². The summed E-state index contributed by atoms with van der Waals surface area (Å²) in [5.74, 6) is 0.894. The van der Waals surface area contributed by atoms with Crippen LogP contribution in [-0.4, -0.2) is 93.1 Å². The minimum Gasteiger partial charge on any atom is -0.379 e. The summed E-state index contributed by atoms with van der Waals surface area (Å²) in [6.07, 6.45) is 7.32. The zero-order valence-electron chi connectivity index (χ0n) is 18.9. The van der Waals surface area contributed by atoms with Gasteiger partial charge in [-0.2, -0.15) is 4.31 Å². The number of sulfonamides is 1. The Morgan fingerprint density at radius 2 is 1.75 bits per heavy atom. The highest BCUT2D eigenvalue weighted by molar-refractivity contribution is 7.89. The van der Waals surface area contributed by atoms with Gasteiger partial charge in [-0.15, -0.1) is 0 Å². The maximum absolute atomic E-state index is 12.8. The van der Waals surface area contributed by atoms with E-state index in [1.807, 2.05) is 6.92 Å². The lowest BCUT2D eigenvalue weighted by Gasteiger charge is -2.38. The van der Waals surface area contributed by atoms with E-state index in [0.29, 0.717) is 32.3 Å². The first-order chi connectivity index (χ1) is 15.4. The van der Waals surface area contributed by atoms with Crippen molar-refractivity contribution >= 4 is 21.7 Å². The Hall–Kier alpha value is -1.75. The van der Waals surface area contributed by atoms with Crippen LogP contribution >= 0.6 is 0 Å². The van der Waals surface area contributed by atoms with Crippen molar-refractivity contribution in [3.63, 3.8) is 0 Å². The van der Waals surface area contributed by atoms with E-state index in [9.17, 15) is 13.2 Å². The van der Waals surface area contributed by atoms with Crippen LogP contribution in [0.5, 0.6) is 0 Å². The molecule has 9 nitrogen and oxygen atoms in total. The first-order valence-electron chi connectivity index (χ1n) is 11.8. The molecule has 0 bridgehead atoms. The molecule has 10 heteroatoms. The molecule has 2 aliphatic heterocycles. The lowest BCUT2D eigenvalue weighted by molar-refractivity contribution is -0.127. The van der Waals surface area contributed by atoms with E-state index >= 15 is 0 Å². The Morgan fingerprint density at radius 3 is 2.38 bits per heavy atom. The lowest BCUT2D eigenvalue weighted by atomic mass is 9.95. The molecule has 1 aromatic heterocycles. The van der Waals surface area contributed by atoms with E-state index in [0.717, 1.165) is 44.8 Å². The number of ether oxygens (including phenoxy) is 1. The normalized spacial score (nSPS) is 23.1. The summed E-state index contributed by atoms with van der Waals surface area (Å²) in [5.41, 5.74) is 0. The molecule has 4 rings (SSSR count). The molecule has 1 amide bonds. The highest BCUT2D eigenvalue weighted by Crippen LogP contribution is 2.21. The maximum atomic E-state index is 12.8. The summed E-state index contributed by atoms with van der Waals surface area (Å²) in [5, 5.41) is 3.23. The number of nitrogens with one attached hydrogen (secondary N) is 1. The van der Waals surface area contributed by atoms with Gasteiger partial charge in [0.2, 0.25) is 15.9 Å². The van der Waals surface area contributed by atoms with Gasteiger partial charge in [0, 0.05) is 51.5 Å². The first kappa shape index (κ1) is 23.4. The van der Waals surface area contributed by atoms with E-state index in [1.165, 1.54) is 29.8 Å². The number of carbonyl (C=O) groups is 1. The van der Waals surface area contributed by atoms with Gasteiger partial charge in [-0.25, -0.2) is 13.4 Å². The molecule has 2 saturated heterocycles. The number of nitrogens with zero attached hydrogens (tertiary/aromatic N) is 4. The van der Waals surface area contributed by atoms with Crippen molar-refractivity contribution in [2.45, 2.75) is 56.0 Å². The molecule has 0 spiro atoms. The molecule has 1 saturated carbocycles. The molecule has 0 radical (unpaired) electrons. The van der Waals surface area contributed by atoms with Crippen LogP contribution in [-0.2, 0) is 19.6 Å². The van der Waals surface area contributed by atoms with E-state index in [4.69, 9.17) is 4.74 Å². The summed E-state index contributed by atoms with van der Waals surface area (Å²) in [6, 6.07) is 3.60. The molecule has 32 heavy (non-hydrogen) atoms. The highest BCUT2D eigenvalue weighted by Gasteiger charge is 2.29. The molecule has 1 aliphatic carbocycles. The highest BCUT2D eigenvalue weighted by atomic mass is 32.2. The topological polar surface area (TPSA) is 95.1 Å². The van der Waals surface area contributed by atoms with Gasteiger partial charge >= 0.3 is 0 Å². The third-order valence-electron chi connectivity index (χ3n) is 6.85. The molecule has 3 aliphatic rings. The van der Waals surface area contributed by atoms with E-state index < -0.39 is 10.0 Å². The van der Waals surface area contributed by atoms with Crippen LogP contribution in [0.1, 0.15) is 39.0 Å². The Bertz CT molecular complexity index is 859. The summed E-state index contributed by atoms with van der Waals surface area (Å²) in [6.45, 7) is 6.63. The molecule has 1 atom stereocenters. The van der Waals surface area contributed by atoms with Crippen molar-refractivity contribution in [1.82, 2.24) is 19.5 Å². The Labute approximate surface area is 191 Å². The van der Waals surface area contributed by atoms with Crippen molar-refractivity contribution < 1.29 is 17.9 Å². The van der Waals surface area contributed by atoms with Crippen molar-refractivity contribution in [3.05, 3.63) is 18.3 Å². The Kier molecular flexibility index (Phi) is 7.65. The number of morpholine rings is 1. The smallest absolute Gasteiger partial charge is 0.244 e. The fourth-order valence-electron chi connectivity index (χ4n) is 4.72. The van der Waals surface area contributed by atoms with Gasteiger partial charge in [0.1, 0.15) is 10.7 Å². The second-order valence-corrected chi connectivity index (χ2v) is 10.8. The van der Waals surface area contributed by atoms with E-state index in [-0.39, 0.29) is 16.8 Å². The van der Waals surface area contributed by atoms with E-state index in [1.54, 1.807) is 12.1 Å². The third-order valence-corrected chi connectivity index (χ3v) is 8.73. The number of carbonyl (C=O) groups excluding carboxylic acids is 1. The monoisotopic (exact) mass is 465 g/mol. The third kappa shape index (κ3) is 5.41. The van der Waals surface area contributed by atoms with Crippen LogP contribution < -0.4 is 10.2 Å². The molecule has 1 N–H and O–H groups in total. The molecular formula is C22H35N5O4S. The van der Waals surface area contributed by atoms with Crippen LogP contribution in [0.25, 0.3) is 0 Å². The number of aromatic nitrogens is 1. The quantitative estimate of drug-likeness (QED) is 0.671. The first-order valence-corrected chi connectivity index (χ1v) is 13.2.